The van der Waals surface area contributed by atoms with Crippen molar-refractivity contribution in [1.82, 2.24) is 5.32 Å². The van der Waals surface area contributed by atoms with Crippen LogP contribution in [0, 0.1) is 5.41 Å². The Morgan fingerprint density at radius 3 is 2.27 bits per heavy atom. The van der Waals surface area contributed by atoms with Crippen molar-refractivity contribution in [2.45, 2.75) is 26.4 Å². The third kappa shape index (κ3) is 2.33. The van der Waals surface area contributed by atoms with Crippen molar-refractivity contribution in [3.63, 3.8) is 0 Å². The summed E-state index contributed by atoms with van der Waals surface area (Å²) in [5, 5.41) is 2.56. The Balaban J connectivity index is 4.43. The largest absolute Gasteiger partial charge is 0.359 e. The predicted molar refractivity (Wildman–Crippen MR) is 47.7 cm³/mol. The van der Waals surface area contributed by atoms with Crippen molar-refractivity contribution in [3.8, 4) is 0 Å². The van der Waals surface area contributed by atoms with Gasteiger partial charge in [-0.1, -0.05) is 20.8 Å². The van der Waals surface area contributed by atoms with Crippen LogP contribution >= 0.6 is 8.46 Å². The van der Waals surface area contributed by atoms with E-state index in [0.29, 0.717) is 0 Å². The SMILES string of the molecule is CNC(=O)C(C)(C)C(C)[PH2]=O. The lowest BCUT2D eigenvalue weighted by Crippen LogP contribution is -2.39. The summed E-state index contributed by atoms with van der Waals surface area (Å²) in [6, 6.07) is 0. The maximum atomic E-state index is 11.2. The molecule has 0 saturated heterocycles. The average Bonchev–Trinajstić information content (AvgIpc) is 2.01. The highest BCUT2D eigenvalue weighted by Crippen LogP contribution is 2.29. The summed E-state index contributed by atoms with van der Waals surface area (Å²) in [5.41, 5.74) is -0.548. The van der Waals surface area contributed by atoms with Crippen LogP contribution in [0.2, 0.25) is 0 Å². The van der Waals surface area contributed by atoms with Crippen LogP contribution in [0.25, 0.3) is 0 Å². The molecule has 1 N–H and O–H groups in total. The average molecular weight is 177 g/mol. The van der Waals surface area contributed by atoms with E-state index in [1.807, 2.05) is 6.92 Å². The highest BCUT2D eigenvalue weighted by atomic mass is 31.1. The number of nitrogens with one attached hydrogen (secondary N) is 1. The lowest BCUT2D eigenvalue weighted by atomic mass is 9.89. The molecule has 2 unspecified atom stereocenters. The molecule has 0 fully saturated rings. The number of rotatable bonds is 3. The molecule has 0 aliphatic rings. The second-order valence-electron chi connectivity index (χ2n) is 3.23. The molecule has 0 rings (SSSR count). The molecule has 4 heteroatoms. The normalized spacial score (nSPS) is 15.3. The van der Waals surface area contributed by atoms with Crippen molar-refractivity contribution < 1.29 is 9.36 Å². The summed E-state index contributed by atoms with van der Waals surface area (Å²) in [4.78, 5) is 11.2. The maximum Gasteiger partial charge on any atom is 0.226 e. The first-order valence-corrected chi connectivity index (χ1v) is 4.78. The minimum absolute atomic E-state index is 0.0394. The number of carbonyl (C=O) groups is 1. The van der Waals surface area contributed by atoms with Gasteiger partial charge in [0.1, 0.15) is 0 Å². The van der Waals surface area contributed by atoms with Gasteiger partial charge in [-0.15, -0.1) is 0 Å². The van der Waals surface area contributed by atoms with Crippen molar-refractivity contribution in [2.75, 3.05) is 7.05 Å². The van der Waals surface area contributed by atoms with Gasteiger partial charge in [0.05, 0.1) is 13.9 Å². The van der Waals surface area contributed by atoms with Crippen LogP contribution in [0.5, 0.6) is 0 Å². The molecule has 11 heavy (non-hydrogen) atoms. The van der Waals surface area contributed by atoms with Crippen LogP contribution < -0.4 is 5.32 Å². The van der Waals surface area contributed by atoms with E-state index in [-0.39, 0.29) is 11.6 Å². The van der Waals surface area contributed by atoms with E-state index in [4.69, 9.17) is 0 Å². The lowest BCUT2D eigenvalue weighted by Gasteiger charge is -2.25. The fourth-order valence-corrected chi connectivity index (χ4v) is 1.19. The Morgan fingerprint density at radius 2 is 2.00 bits per heavy atom. The van der Waals surface area contributed by atoms with Crippen LogP contribution in [0.3, 0.4) is 0 Å². The monoisotopic (exact) mass is 177 g/mol. The first kappa shape index (κ1) is 10.7. The van der Waals surface area contributed by atoms with Gasteiger partial charge in [-0.3, -0.25) is 4.79 Å². The van der Waals surface area contributed by atoms with Gasteiger partial charge in [0.25, 0.3) is 0 Å². The number of carbonyl (C=O) groups excluding carboxylic acids is 1. The van der Waals surface area contributed by atoms with Crippen LogP contribution in [-0.2, 0) is 9.36 Å². The van der Waals surface area contributed by atoms with Crippen molar-refractivity contribution >= 4 is 14.4 Å². The third-order valence-electron chi connectivity index (χ3n) is 2.15. The van der Waals surface area contributed by atoms with Gasteiger partial charge in [-0.2, -0.15) is 0 Å². The predicted octanol–water partition coefficient (Wildman–Crippen LogP) is 0.903. The topological polar surface area (TPSA) is 46.2 Å². The number of amides is 1. The van der Waals surface area contributed by atoms with Gasteiger partial charge in [-0.05, 0) is 0 Å². The fourth-order valence-electron chi connectivity index (χ4n) is 0.699. The zero-order valence-corrected chi connectivity index (χ0v) is 8.63. The van der Waals surface area contributed by atoms with Crippen LogP contribution in [-0.4, -0.2) is 18.6 Å². The molecular weight excluding hydrogens is 161 g/mol. The lowest BCUT2D eigenvalue weighted by molar-refractivity contribution is -0.128. The number of hydrogen-bond acceptors (Lipinski definition) is 2. The molecule has 0 aliphatic carbocycles. The first-order valence-electron chi connectivity index (χ1n) is 3.64. The molecule has 0 aromatic heterocycles. The van der Waals surface area contributed by atoms with E-state index >= 15 is 0 Å². The minimum Gasteiger partial charge on any atom is -0.359 e. The van der Waals surface area contributed by atoms with Gasteiger partial charge < -0.3 is 9.88 Å². The Hall–Kier alpha value is -0.300. The van der Waals surface area contributed by atoms with E-state index in [9.17, 15) is 9.36 Å². The molecule has 0 aliphatic heterocycles. The molecule has 2 atom stereocenters. The Morgan fingerprint density at radius 1 is 1.55 bits per heavy atom. The first-order chi connectivity index (χ1) is 4.96. The molecule has 1 amide bonds. The smallest absolute Gasteiger partial charge is 0.226 e. The van der Waals surface area contributed by atoms with Crippen molar-refractivity contribution in [2.24, 2.45) is 5.41 Å². The molecule has 66 valence electrons. The van der Waals surface area contributed by atoms with E-state index in [1.54, 1.807) is 20.9 Å². The minimum atomic E-state index is -0.880. The quantitative estimate of drug-likeness (QED) is 0.651. The zero-order chi connectivity index (χ0) is 9.07. The van der Waals surface area contributed by atoms with E-state index in [0.717, 1.165) is 0 Å². The van der Waals surface area contributed by atoms with Crippen LogP contribution in [0.15, 0.2) is 0 Å². The Labute approximate surface area is 68.8 Å². The molecule has 0 bridgehead atoms. The summed E-state index contributed by atoms with van der Waals surface area (Å²) in [6.07, 6.45) is 0. The molecule has 0 heterocycles. The molecule has 0 radical (unpaired) electrons. The Bertz CT molecular complexity index is 168. The molecule has 0 aromatic rings. The van der Waals surface area contributed by atoms with E-state index < -0.39 is 13.9 Å². The second-order valence-corrected chi connectivity index (χ2v) is 4.50. The summed E-state index contributed by atoms with van der Waals surface area (Å²) in [5.74, 6) is -0.0478. The van der Waals surface area contributed by atoms with Gasteiger partial charge >= 0.3 is 0 Å². The van der Waals surface area contributed by atoms with Crippen molar-refractivity contribution in [3.05, 3.63) is 0 Å². The summed E-state index contributed by atoms with van der Waals surface area (Å²) < 4.78 is 10.6. The third-order valence-corrected chi connectivity index (χ3v) is 3.40. The van der Waals surface area contributed by atoms with E-state index in [2.05, 4.69) is 5.32 Å². The second kappa shape index (κ2) is 3.91. The van der Waals surface area contributed by atoms with Gasteiger partial charge in [0, 0.05) is 12.7 Å². The molecule has 0 aromatic carbocycles. The summed E-state index contributed by atoms with van der Waals surface area (Å²) in [7, 11) is 0.714. The molecule has 3 nitrogen and oxygen atoms in total. The molecular formula is C7H16NO2P. The maximum absolute atomic E-state index is 11.2. The Kier molecular flexibility index (Phi) is 3.81. The van der Waals surface area contributed by atoms with Crippen molar-refractivity contribution in [1.29, 1.82) is 0 Å². The highest BCUT2D eigenvalue weighted by molar-refractivity contribution is 7.24. The standard InChI is InChI=1S/C7H16NO2P/c1-5(11-10)7(2,3)6(9)8-4/h5H,11H2,1-4H3,(H,8,9). The van der Waals surface area contributed by atoms with Gasteiger partial charge in [0.2, 0.25) is 5.91 Å². The number of hydrogen-bond donors (Lipinski definition) is 1. The highest BCUT2D eigenvalue weighted by Gasteiger charge is 2.32. The molecule has 0 saturated carbocycles. The van der Waals surface area contributed by atoms with Crippen LogP contribution in [0.1, 0.15) is 20.8 Å². The fraction of sp³-hybridized carbons (Fsp3) is 0.857. The van der Waals surface area contributed by atoms with E-state index in [1.165, 1.54) is 0 Å². The van der Waals surface area contributed by atoms with Gasteiger partial charge in [-0.25, -0.2) is 0 Å². The summed E-state index contributed by atoms with van der Waals surface area (Å²) in [6.45, 7) is 5.44. The molecule has 0 spiro atoms. The zero-order valence-electron chi connectivity index (χ0n) is 7.47. The summed E-state index contributed by atoms with van der Waals surface area (Å²) >= 11 is 0. The van der Waals surface area contributed by atoms with Gasteiger partial charge in [0.15, 0.2) is 0 Å². The van der Waals surface area contributed by atoms with Crippen LogP contribution in [0.4, 0.5) is 0 Å².